The number of ether oxygens (including phenoxy) is 1. The molecule has 1 fully saturated rings. The lowest BCUT2D eigenvalue weighted by atomic mass is 9.97. The molecule has 0 aromatic heterocycles. The van der Waals surface area contributed by atoms with Gasteiger partial charge in [0.2, 0.25) is 0 Å². The van der Waals surface area contributed by atoms with Crippen molar-refractivity contribution in [1.29, 1.82) is 0 Å². The van der Waals surface area contributed by atoms with Crippen LogP contribution in [0.5, 0.6) is 0 Å². The van der Waals surface area contributed by atoms with Gasteiger partial charge in [-0.1, -0.05) is 11.6 Å². The van der Waals surface area contributed by atoms with Gasteiger partial charge < -0.3 is 10.5 Å². The van der Waals surface area contributed by atoms with Crippen LogP contribution in [0.4, 0.5) is 0 Å². The molecule has 0 aromatic rings. The molecule has 1 saturated heterocycles. The standard InChI is InChI=1S/C14H26N2O/c1-12-10-16(11-14(9-15)17-12)8-7-13-5-3-2-4-6-13/h5,12,14H,2-4,6-11,15H2,1H3. The summed E-state index contributed by atoms with van der Waals surface area (Å²) in [5, 5.41) is 0. The zero-order valence-electron chi connectivity index (χ0n) is 11.0. The molecule has 2 aliphatic rings. The maximum absolute atomic E-state index is 5.78. The van der Waals surface area contributed by atoms with Gasteiger partial charge in [0.25, 0.3) is 0 Å². The third kappa shape index (κ3) is 4.09. The van der Waals surface area contributed by atoms with E-state index in [1.54, 1.807) is 5.57 Å². The van der Waals surface area contributed by atoms with E-state index in [-0.39, 0.29) is 6.10 Å². The van der Waals surface area contributed by atoms with Crippen LogP contribution < -0.4 is 5.73 Å². The normalized spacial score (nSPS) is 31.3. The quantitative estimate of drug-likeness (QED) is 0.761. The Balaban J connectivity index is 1.76. The van der Waals surface area contributed by atoms with E-state index in [0.717, 1.165) is 13.1 Å². The van der Waals surface area contributed by atoms with Crippen LogP contribution in [0, 0.1) is 0 Å². The van der Waals surface area contributed by atoms with Crippen LogP contribution in [-0.4, -0.2) is 43.3 Å². The molecule has 0 bridgehead atoms. The molecular formula is C14H26N2O. The number of nitrogens with zero attached hydrogens (tertiary/aromatic N) is 1. The zero-order valence-corrected chi connectivity index (χ0v) is 11.0. The highest BCUT2D eigenvalue weighted by atomic mass is 16.5. The third-order valence-electron chi connectivity index (χ3n) is 3.80. The van der Waals surface area contributed by atoms with E-state index in [1.807, 2.05) is 0 Å². The number of nitrogens with two attached hydrogens (primary N) is 1. The molecule has 2 unspecified atom stereocenters. The molecule has 2 atom stereocenters. The Hall–Kier alpha value is -0.380. The molecule has 0 amide bonds. The number of morpholine rings is 1. The highest BCUT2D eigenvalue weighted by molar-refractivity contribution is 5.05. The van der Waals surface area contributed by atoms with Crippen molar-refractivity contribution >= 4 is 0 Å². The molecule has 2 N–H and O–H groups in total. The molecule has 2 rings (SSSR count). The first-order chi connectivity index (χ1) is 8.28. The summed E-state index contributed by atoms with van der Waals surface area (Å²) in [5.74, 6) is 0. The van der Waals surface area contributed by atoms with E-state index >= 15 is 0 Å². The summed E-state index contributed by atoms with van der Waals surface area (Å²) < 4.78 is 5.78. The maximum atomic E-state index is 5.78. The Morgan fingerprint density at radius 3 is 3.00 bits per heavy atom. The molecule has 0 radical (unpaired) electrons. The second-order valence-corrected chi connectivity index (χ2v) is 5.42. The fourth-order valence-corrected chi connectivity index (χ4v) is 2.89. The van der Waals surface area contributed by atoms with Gasteiger partial charge in [0, 0.05) is 26.2 Å². The van der Waals surface area contributed by atoms with E-state index < -0.39 is 0 Å². The Labute approximate surface area is 105 Å². The van der Waals surface area contributed by atoms with Crippen LogP contribution in [0.25, 0.3) is 0 Å². The molecule has 0 spiro atoms. The summed E-state index contributed by atoms with van der Waals surface area (Å²) in [6.45, 7) is 6.03. The van der Waals surface area contributed by atoms with Crippen LogP contribution in [0.15, 0.2) is 11.6 Å². The zero-order chi connectivity index (χ0) is 12.1. The Morgan fingerprint density at radius 2 is 2.29 bits per heavy atom. The summed E-state index contributed by atoms with van der Waals surface area (Å²) in [5.41, 5.74) is 7.37. The van der Waals surface area contributed by atoms with Crippen LogP contribution in [-0.2, 0) is 4.74 Å². The smallest absolute Gasteiger partial charge is 0.0828 e. The Bertz CT molecular complexity index is 265. The second-order valence-electron chi connectivity index (χ2n) is 5.42. The average molecular weight is 238 g/mol. The number of hydrogen-bond donors (Lipinski definition) is 1. The monoisotopic (exact) mass is 238 g/mol. The summed E-state index contributed by atoms with van der Waals surface area (Å²) in [6, 6.07) is 0. The van der Waals surface area contributed by atoms with Crippen molar-refractivity contribution in [1.82, 2.24) is 4.90 Å². The van der Waals surface area contributed by atoms with Gasteiger partial charge in [0.1, 0.15) is 0 Å². The molecule has 0 aromatic carbocycles. The van der Waals surface area contributed by atoms with Gasteiger partial charge in [0.05, 0.1) is 12.2 Å². The summed E-state index contributed by atoms with van der Waals surface area (Å²) in [7, 11) is 0. The molecule has 1 aliphatic carbocycles. The minimum Gasteiger partial charge on any atom is -0.371 e. The molecule has 0 saturated carbocycles. The van der Waals surface area contributed by atoms with Gasteiger partial charge in [-0.15, -0.1) is 0 Å². The van der Waals surface area contributed by atoms with E-state index in [1.165, 1.54) is 38.6 Å². The largest absolute Gasteiger partial charge is 0.371 e. The molecule has 98 valence electrons. The molecule has 1 aliphatic heterocycles. The minimum absolute atomic E-state index is 0.235. The van der Waals surface area contributed by atoms with Gasteiger partial charge in [0.15, 0.2) is 0 Å². The highest BCUT2D eigenvalue weighted by Crippen LogP contribution is 2.21. The molecular weight excluding hydrogens is 212 g/mol. The fourth-order valence-electron chi connectivity index (χ4n) is 2.89. The van der Waals surface area contributed by atoms with Gasteiger partial charge in [-0.25, -0.2) is 0 Å². The molecule has 3 nitrogen and oxygen atoms in total. The maximum Gasteiger partial charge on any atom is 0.0828 e. The summed E-state index contributed by atoms with van der Waals surface area (Å²) >= 11 is 0. The lowest BCUT2D eigenvalue weighted by molar-refractivity contribution is -0.0716. The van der Waals surface area contributed by atoms with Crippen molar-refractivity contribution < 1.29 is 4.74 Å². The second kappa shape index (κ2) is 6.53. The summed E-state index contributed by atoms with van der Waals surface area (Å²) in [6.07, 6.45) is 9.64. The van der Waals surface area contributed by atoms with Crippen LogP contribution >= 0.6 is 0 Å². The fraction of sp³-hybridized carbons (Fsp3) is 0.857. The topological polar surface area (TPSA) is 38.5 Å². The SMILES string of the molecule is CC1CN(CCC2=CCCCC2)CC(CN)O1. The Morgan fingerprint density at radius 1 is 1.41 bits per heavy atom. The van der Waals surface area contributed by atoms with Crippen LogP contribution in [0.2, 0.25) is 0 Å². The number of allylic oxidation sites excluding steroid dienone is 1. The van der Waals surface area contributed by atoms with E-state index in [4.69, 9.17) is 10.5 Å². The summed E-state index contributed by atoms with van der Waals surface area (Å²) in [4.78, 5) is 2.52. The minimum atomic E-state index is 0.235. The first-order valence-corrected chi connectivity index (χ1v) is 7.03. The lowest BCUT2D eigenvalue weighted by Crippen LogP contribution is -2.49. The van der Waals surface area contributed by atoms with Gasteiger partial charge in [-0.2, -0.15) is 0 Å². The number of rotatable bonds is 4. The van der Waals surface area contributed by atoms with Crippen molar-refractivity contribution in [3.05, 3.63) is 11.6 Å². The van der Waals surface area contributed by atoms with Crippen LogP contribution in [0.1, 0.15) is 39.0 Å². The first kappa shape index (κ1) is 13.1. The van der Waals surface area contributed by atoms with Crippen molar-refractivity contribution in [2.75, 3.05) is 26.2 Å². The lowest BCUT2D eigenvalue weighted by Gasteiger charge is -2.36. The van der Waals surface area contributed by atoms with Gasteiger partial charge in [-0.05, 0) is 39.0 Å². The van der Waals surface area contributed by atoms with E-state index in [2.05, 4.69) is 17.9 Å². The number of hydrogen-bond acceptors (Lipinski definition) is 3. The van der Waals surface area contributed by atoms with Crippen molar-refractivity contribution in [2.45, 2.75) is 51.2 Å². The van der Waals surface area contributed by atoms with Crippen LogP contribution in [0.3, 0.4) is 0 Å². The molecule has 3 heteroatoms. The van der Waals surface area contributed by atoms with Crippen molar-refractivity contribution in [2.24, 2.45) is 5.73 Å². The van der Waals surface area contributed by atoms with Crippen molar-refractivity contribution in [3.63, 3.8) is 0 Å². The highest BCUT2D eigenvalue weighted by Gasteiger charge is 2.23. The first-order valence-electron chi connectivity index (χ1n) is 7.03. The molecule has 17 heavy (non-hydrogen) atoms. The molecule has 1 heterocycles. The average Bonchev–Trinajstić information content (AvgIpc) is 2.37. The Kier molecular flexibility index (Phi) is 5.01. The predicted octanol–water partition coefficient (Wildman–Crippen LogP) is 1.92. The predicted molar refractivity (Wildman–Crippen MR) is 71.0 cm³/mol. The van der Waals surface area contributed by atoms with E-state index in [0.29, 0.717) is 12.6 Å². The van der Waals surface area contributed by atoms with Gasteiger partial charge >= 0.3 is 0 Å². The third-order valence-corrected chi connectivity index (χ3v) is 3.80. The van der Waals surface area contributed by atoms with Gasteiger partial charge in [-0.3, -0.25) is 4.90 Å². The van der Waals surface area contributed by atoms with E-state index in [9.17, 15) is 0 Å². The van der Waals surface area contributed by atoms with Crippen molar-refractivity contribution in [3.8, 4) is 0 Å².